The van der Waals surface area contributed by atoms with Crippen molar-refractivity contribution < 1.29 is 4.74 Å². The van der Waals surface area contributed by atoms with Gasteiger partial charge in [0.1, 0.15) is 0 Å². The predicted octanol–water partition coefficient (Wildman–Crippen LogP) is 1.61. The minimum absolute atomic E-state index is 0.359. The summed E-state index contributed by atoms with van der Waals surface area (Å²) in [5.41, 5.74) is 5.72. The molecular weight excluding hydrogens is 188 g/mol. The SMILES string of the molecule is COC1CCCN(CCCCC(C)N)C1. The molecule has 3 heteroatoms. The highest BCUT2D eigenvalue weighted by molar-refractivity contribution is 4.72. The summed E-state index contributed by atoms with van der Waals surface area (Å²) >= 11 is 0. The van der Waals surface area contributed by atoms with E-state index in [9.17, 15) is 0 Å². The molecular formula is C12H26N2O. The lowest BCUT2D eigenvalue weighted by molar-refractivity contribution is 0.0308. The van der Waals surface area contributed by atoms with Crippen molar-refractivity contribution in [1.29, 1.82) is 0 Å². The van der Waals surface area contributed by atoms with Gasteiger partial charge in [0.15, 0.2) is 0 Å². The van der Waals surface area contributed by atoms with Gasteiger partial charge in [0.25, 0.3) is 0 Å². The van der Waals surface area contributed by atoms with Gasteiger partial charge in [-0.3, -0.25) is 0 Å². The number of hydrogen-bond acceptors (Lipinski definition) is 3. The molecule has 1 aliphatic rings. The van der Waals surface area contributed by atoms with Crippen molar-refractivity contribution in [3.05, 3.63) is 0 Å². The highest BCUT2D eigenvalue weighted by Gasteiger charge is 2.18. The van der Waals surface area contributed by atoms with Crippen LogP contribution in [0.4, 0.5) is 0 Å². The van der Waals surface area contributed by atoms with Crippen molar-refractivity contribution in [1.82, 2.24) is 4.90 Å². The van der Waals surface area contributed by atoms with Crippen molar-refractivity contribution >= 4 is 0 Å². The standard InChI is InChI=1S/C12H26N2O/c1-11(13)6-3-4-8-14-9-5-7-12(10-14)15-2/h11-12H,3-10,13H2,1-2H3. The van der Waals surface area contributed by atoms with Gasteiger partial charge >= 0.3 is 0 Å². The third-order valence-electron chi connectivity index (χ3n) is 3.18. The maximum atomic E-state index is 5.72. The van der Waals surface area contributed by atoms with E-state index in [1.54, 1.807) is 0 Å². The molecule has 0 aromatic heterocycles. The van der Waals surface area contributed by atoms with Gasteiger partial charge in [0, 0.05) is 19.7 Å². The van der Waals surface area contributed by atoms with E-state index < -0.39 is 0 Å². The quantitative estimate of drug-likeness (QED) is 0.683. The highest BCUT2D eigenvalue weighted by atomic mass is 16.5. The van der Waals surface area contributed by atoms with Crippen LogP contribution in [0, 0.1) is 0 Å². The van der Waals surface area contributed by atoms with E-state index in [0.29, 0.717) is 12.1 Å². The molecule has 2 N–H and O–H groups in total. The first-order valence-electron chi connectivity index (χ1n) is 6.23. The number of nitrogens with two attached hydrogens (primary N) is 1. The zero-order chi connectivity index (χ0) is 11.1. The number of ether oxygens (including phenoxy) is 1. The third-order valence-corrected chi connectivity index (χ3v) is 3.18. The van der Waals surface area contributed by atoms with Crippen LogP contribution in [0.3, 0.4) is 0 Å². The van der Waals surface area contributed by atoms with Crippen molar-refractivity contribution in [2.24, 2.45) is 5.73 Å². The van der Waals surface area contributed by atoms with Gasteiger partial charge < -0.3 is 15.4 Å². The molecule has 0 aliphatic carbocycles. The second-order valence-electron chi connectivity index (χ2n) is 4.77. The molecule has 0 aromatic carbocycles. The van der Waals surface area contributed by atoms with Gasteiger partial charge in [-0.15, -0.1) is 0 Å². The zero-order valence-corrected chi connectivity index (χ0v) is 10.2. The van der Waals surface area contributed by atoms with Gasteiger partial charge in [-0.1, -0.05) is 6.42 Å². The summed E-state index contributed by atoms with van der Waals surface area (Å²) in [4.78, 5) is 2.53. The molecule has 2 unspecified atom stereocenters. The monoisotopic (exact) mass is 214 g/mol. The van der Waals surface area contributed by atoms with E-state index in [2.05, 4.69) is 11.8 Å². The van der Waals surface area contributed by atoms with E-state index in [0.717, 1.165) is 13.0 Å². The van der Waals surface area contributed by atoms with E-state index in [1.165, 1.54) is 38.8 Å². The molecule has 0 radical (unpaired) electrons. The summed E-state index contributed by atoms with van der Waals surface area (Å²) in [6, 6.07) is 0.359. The van der Waals surface area contributed by atoms with Crippen LogP contribution in [0.15, 0.2) is 0 Å². The summed E-state index contributed by atoms with van der Waals surface area (Å²) in [7, 11) is 1.82. The predicted molar refractivity (Wildman–Crippen MR) is 64.0 cm³/mol. The molecule has 3 nitrogen and oxygen atoms in total. The first kappa shape index (κ1) is 12.9. The zero-order valence-electron chi connectivity index (χ0n) is 10.2. The van der Waals surface area contributed by atoms with Gasteiger partial charge in [0.05, 0.1) is 6.10 Å². The summed E-state index contributed by atoms with van der Waals surface area (Å²) in [5, 5.41) is 0. The highest BCUT2D eigenvalue weighted by Crippen LogP contribution is 2.13. The Balaban J connectivity index is 2.05. The smallest absolute Gasteiger partial charge is 0.0698 e. The summed E-state index contributed by atoms with van der Waals surface area (Å²) in [5.74, 6) is 0. The van der Waals surface area contributed by atoms with E-state index in [4.69, 9.17) is 10.5 Å². The molecule has 0 aromatic rings. The van der Waals surface area contributed by atoms with Gasteiger partial charge in [0.2, 0.25) is 0 Å². The minimum Gasteiger partial charge on any atom is -0.380 e. The Morgan fingerprint density at radius 3 is 2.93 bits per heavy atom. The number of likely N-dealkylation sites (tertiary alicyclic amines) is 1. The molecule has 1 saturated heterocycles. The van der Waals surface area contributed by atoms with E-state index in [-0.39, 0.29) is 0 Å². The Bertz CT molecular complexity index is 162. The Hall–Kier alpha value is -0.120. The molecule has 0 amide bonds. The van der Waals surface area contributed by atoms with Crippen LogP contribution < -0.4 is 5.73 Å². The Morgan fingerprint density at radius 1 is 1.47 bits per heavy atom. The summed E-state index contributed by atoms with van der Waals surface area (Å²) in [6.07, 6.45) is 6.66. The van der Waals surface area contributed by atoms with Crippen molar-refractivity contribution in [2.45, 2.75) is 51.2 Å². The number of piperidine rings is 1. The topological polar surface area (TPSA) is 38.5 Å². The second-order valence-corrected chi connectivity index (χ2v) is 4.77. The lowest BCUT2D eigenvalue weighted by atomic mass is 10.1. The molecule has 1 fully saturated rings. The number of nitrogens with zero attached hydrogens (tertiary/aromatic N) is 1. The molecule has 15 heavy (non-hydrogen) atoms. The largest absolute Gasteiger partial charge is 0.380 e. The lowest BCUT2D eigenvalue weighted by Crippen LogP contribution is -2.39. The van der Waals surface area contributed by atoms with Crippen LogP contribution >= 0.6 is 0 Å². The van der Waals surface area contributed by atoms with Crippen LogP contribution in [0.5, 0.6) is 0 Å². The fourth-order valence-corrected chi connectivity index (χ4v) is 2.21. The first-order chi connectivity index (χ1) is 7.22. The van der Waals surface area contributed by atoms with Crippen molar-refractivity contribution in [3.63, 3.8) is 0 Å². The number of methoxy groups -OCH3 is 1. The number of hydrogen-bond donors (Lipinski definition) is 1. The molecule has 1 rings (SSSR count). The van der Waals surface area contributed by atoms with E-state index >= 15 is 0 Å². The lowest BCUT2D eigenvalue weighted by Gasteiger charge is -2.31. The van der Waals surface area contributed by atoms with Crippen LogP contribution in [0.1, 0.15) is 39.0 Å². The fraction of sp³-hybridized carbons (Fsp3) is 1.00. The normalized spacial score (nSPS) is 25.4. The fourth-order valence-electron chi connectivity index (χ4n) is 2.21. The van der Waals surface area contributed by atoms with Crippen LogP contribution in [-0.2, 0) is 4.74 Å². The number of unbranched alkanes of at least 4 members (excludes halogenated alkanes) is 1. The molecule has 90 valence electrons. The second kappa shape index (κ2) is 7.20. The molecule has 1 aliphatic heterocycles. The molecule has 0 spiro atoms. The third kappa shape index (κ3) is 5.50. The number of rotatable bonds is 6. The summed E-state index contributed by atoms with van der Waals surface area (Å²) in [6.45, 7) is 5.67. The maximum absolute atomic E-state index is 5.72. The van der Waals surface area contributed by atoms with Crippen LogP contribution in [-0.4, -0.2) is 43.8 Å². The van der Waals surface area contributed by atoms with Gasteiger partial charge in [-0.2, -0.15) is 0 Å². The van der Waals surface area contributed by atoms with Crippen LogP contribution in [0.25, 0.3) is 0 Å². The first-order valence-corrected chi connectivity index (χ1v) is 6.23. The maximum Gasteiger partial charge on any atom is 0.0698 e. The van der Waals surface area contributed by atoms with Gasteiger partial charge in [-0.05, 0) is 45.7 Å². The van der Waals surface area contributed by atoms with Crippen molar-refractivity contribution in [2.75, 3.05) is 26.7 Å². The molecule has 0 saturated carbocycles. The van der Waals surface area contributed by atoms with Crippen LogP contribution in [0.2, 0.25) is 0 Å². The molecule has 0 bridgehead atoms. The Morgan fingerprint density at radius 2 is 2.27 bits per heavy atom. The molecule has 2 atom stereocenters. The Kier molecular flexibility index (Phi) is 6.22. The van der Waals surface area contributed by atoms with E-state index in [1.807, 2.05) is 7.11 Å². The molecule has 1 heterocycles. The average Bonchev–Trinajstić information content (AvgIpc) is 2.24. The average molecular weight is 214 g/mol. The van der Waals surface area contributed by atoms with Gasteiger partial charge in [-0.25, -0.2) is 0 Å². The van der Waals surface area contributed by atoms with Crippen molar-refractivity contribution in [3.8, 4) is 0 Å². The Labute approximate surface area is 94.0 Å². The summed E-state index contributed by atoms with van der Waals surface area (Å²) < 4.78 is 5.40. The minimum atomic E-state index is 0.359.